The number of hydrogen-bond acceptors (Lipinski definition) is 4. The van der Waals surface area contributed by atoms with Gasteiger partial charge in [0, 0.05) is 12.7 Å². The highest BCUT2D eigenvalue weighted by atomic mass is 32.2. The third-order valence-corrected chi connectivity index (χ3v) is 4.14. The van der Waals surface area contributed by atoms with Crippen LogP contribution in [0.1, 0.15) is 11.1 Å². The lowest BCUT2D eigenvalue weighted by Crippen LogP contribution is -2.13. The molecule has 0 unspecified atom stereocenters. The highest BCUT2D eigenvalue weighted by Gasteiger charge is 2.16. The maximum Gasteiger partial charge on any atom is 0.313 e. The van der Waals surface area contributed by atoms with E-state index in [2.05, 4.69) is 0 Å². The lowest BCUT2D eigenvalue weighted by Gasteiger charge is -2.08. The number of ether oxygens (including phenoxy) is 1. The van der Waals surface area contributed by atoms with Crippen LogP contribution in [0.3, 0.4) is 0 Å². The Bertz CT molecular complexity index is 711. The van der Waals surface area contributed by atoms with E-state index < -0.39 is 21.7 Å². The maximum atomic E-state index is 13.5. The van der Waals surface area contributed by atoms with Crippen LogP contribution >= 0.6 is 0 Å². The summed E-state index contributed by atoms with van der Waals surface area (Å²) < 4.78 is 47.4. The number of benzene rings is 2. The SMILES string of the molecule is COCCc1ccc(OS(=O)(=O)Cc2ccccc2F)cc1. The molecule has 0 radical (unpaired) electrons. The molecule has 0 atom stereocenters. The van der Waals surface area contributed by atoms with Gasteiger partial charge in [-0.25, -0.2) is 4.39 Å². The Kier molecular flexibility index (Phi) is 5.51. The zero-order chi connectivity index (χ0) is 16.0. The van der Waals surface area contributed by atoms with Gasteiger partial charge in [-0.2, -0.15) is 8.42 Å². The first-order valence-electron chi connectivity index (χ1n) is 6.73. The molecule has 0 N–H and O–H groups in total. The Morgan fingerprint density at radius 1 is 1.05 bits per heavy atom. The molecule has 2 aromatic carbocycles. The summed E-state index contributed by atoms with van der Waals surface area (Å²) in [6, 6.07) is 12.4. The molecular weight excluding hydrogens is 307 g/mol. The van der Waals surface area contributed by atoms with E-state index in [0.717, 1.165) is 12.0 Å². The summed E-state index contributed by atoms with van der Waals surface area (Å²) in [6.45, 7) is 0.589. The van der Waals surface area contributed by atoms with E-state index >= 15 is 0 Å². The lowest BCUT2D eigenvalue weighted by atomic mass is 10.1. The van der Waals surface area contributed by atoms with Gasteiger partial charge in [-0.1, -0.05) is 30.3 Å². The molecule has 0 heterocycles. The molecule has 0 bridgehead atoms. The fraction of sp³-hybridized carbons (Fsp3) is 0.250. The van der Waals surface area contributed by atoms with E-state index in [0.29, 0.717) is 6.61 Å². The van der Waals surface area contributed by atoms with Crippen molar-refractivity contribution in [3.63, 3.8) is 0 Å². The summed E-state index contributed by atoms with van der Waals surface area (Å²) in [5.41, 5.74) is 1.10. The average molecular weight is 324 g/mol. The van der Waals surface area contributed by atoms with Gasteiger partial charge in [0.1, 0.15) is 17.3 Å². The van der Waals surface area contributed by atoms with Crippen molar-refractivity contribution in [2.75, 3.05) is 13.7 Å². The first-order valence-corrected chi connectivity index (χ1v) is 8.31. The fourth-order valence-electron chi connectivity index (χ4n) is 1.91. The second-order valence-electron chi connectivity index (χ2n) is 4.76. The Morgan fingerprint density at radius 3 is 2.36 bits per heavy atom. The number of halogens is 1. The summed E-state index contributed by atoms with van der Waals surface area (Å²) >= 11 is 0. The van der Waals surface area contributed by atoms with Gasteiger partial charge in [-0.15, -0.1) is 0 Å². The van der Waals surface area contributed by atoms with Crippen molar-refractivity contribution in [3.8, 4) is 5.75 Å². The molecule has 22 heavy (non-hydrogen) atoms. The maximum absolute atomic E-state index is 13.5. The minimum atomic E-state index is -3.90. The number of hydrogen-bond donors (Lipinski definition) is 0. The van der Waals surface area contributed by atoms with Crippen molar-refractivity contribution in [2.24, 2.45) is 0 Å². The van der Waals surface area contributed by atoms with E-state index in [9.17, 15) is 12.8 Å². The molecule has 4 nitrogen and oxygen atoms in total. The van der Waals surface area contributed by atoms with Crippen LogP contribution in [0.15, 0.2) is 48.5 Å². The standard InChI is InChI=1S/C16H17FO4S/c1-20-11-10-13-6-8-15(9-7-13)21-22(18,19)12-14-4-2-3-5-16(14)17/h2-9H,10-12H2,1H3. The summed E-state index contributed by atoms with van der Waals surface area (Å²) in [6.07, 6.45) is 0.735. The van der Waals surface area contributed by atoms with E-state index in [-0.39, 0.29) is 11.3 Å². The van der Waals surface area contributed by atoms with Gasteiger partial charge in [0.15, 0.2) is 0 Å². The van der Waals surface area contributed by atoms with Gasteiger partial charge >= 0.3 is 10.1 Å². The van der Waals surface area contributed by atoms with Gasteiger partial charge in [0.25, 0.3) is 0 Å². The monoisotopic (exact) mass is 324 g/mol. The van der Waals surface area contributed by atoms with Gasteiger partial charge in [-0.3, -0.25) is 0 Å². The van der Waals surface area contributed by atoms with Gasteiger partial charge in [-0.05, 0) is 30.2 Å². The molecule has 118 valence electrons. The molecule has 2 aromatic rings. The smallest absolute Gasteiger partial charge is 0.313 e. The Balaban J connectivity index is 2.04. The van der Waals surface area contributed by atoms with Crippen molar-refractivity contribution in [2.45, 2.75) is 12.2 Å². The molecule has 0 aliphatic heterocycles. The zero-order valence-electron chi connectivity index (χ0n) is 12.2. The second kappa shape index (κ2) is 7.38. The Labute approximate surface area is 129 Å². The highest BCUT2D eigenvalue weighted by molar-refractivity contribution is 7.86. The minimum Gasteiger partial charge on any atom is -0.384 e. The normalized spacial score (nSPS) is 11.4. The van der Waals surface area contributed by atoms with Crippen molar-refractivity contribution in [1.82, 2.24) is 0 Å². The molecule has 0 aromatic heterocycles. The Morgan fingerprint density at radius 2 is 1.73 bits per heavy atom. The number of rotatable bonds is 7. The summed E-state index contributed by atoms with van der Waals surface area (Å²) in [5.74, 6) is -0.868. The van der Waals surface area contributed by atoms with Crippen LogP contribution < -0.4 is 4.18 Å². The van der Waals surface area contributed by atoms with E-state index in [1.807, 2.05) is 0 Å². The predicted molar refractivity (Wildman–Crippen MR) is 81.7 cm³/mol. The Hall–Kier alpha value is -1.92. The van der Waals surface area contributed by atoms with Gasteiger partial charge in [0.2, 0.25) is 0 Å². The first-order chi connectivity index (χ1) is 10.5. The van der Waals surface area contributed by atoms with Crippen molar-refractivity contribution in [3.05, 3.63) is 65.5 Å². The van der Waals surface area contributed by atoms with E-state index in [1.54, 1.807) is 37.4 Å². The topological polar surface area (TPSA) is 52.6 Å². The van der Waals surface area contributed by atoms with E-state index in [1.165, 1.54) is 18.2 Å². The van der Waals surface area contributed by atoms with Gasteiger partial charge in [0.05, 0.1) is 6.61 Å². The molecule has 0 saturated carbocycles. The van der Waals surface area contributed by atoms with Crippen molar-refractivity contribution >= 4 is 10.1 Å². The molecule has 2 rings (SSSR count). The molecule has 0 amide bonds. The largest absolute Gasteiger partial charge is 0.384 e. The summed E-state index contributed by atoms with van der Waals surface area (Å²) in [5, 5.41) is 0. The van der Waals surface area contributed by atoms with Crippen LogP contribution in [-0.2, 0) is 27.0 Å². The molecule has 0 fully saturated rings. The third-order valence-electron chi connectivity index (χ3n) is 3.03. The zero-order valence-corrected chi connectivity index (χ0v) is 13.0. The van der Waals surface area contributed by atoms with Crippen LogP contribution in [0.25, 0.3) is 0 Å². The van der Waals surface area contributed by atoms with Crippen molar-refractivity contribution < 1.29 is 21.7 Å². The van der Waals surface area contributed by atoms with Gasteiger partial charge < -0.3 is 8.92 Å². The van der Waals surface area contributed by atoms with Crippen LogP contribution in [0.2, 0.25) is 0 Å². The van der Waals surface area contributed by atoms with Crippen LogP contribution in [0, 0.1) is 5.82 Å². The summed E-state index contributed by atoms with van der Waals surface area (Å²) in [4.78, 5) is 0. The second-order valence-corrected chi connectivity index (χ2v) is 6.33. The fourth-order valence-corrected chi connectivity index (χ4v) is 2.99. The quantitative estimate of drug-likeness (QED) is 0.735. The highest BCUT2D eigenvalue weighted by Crippen LogP contribution is 2.18. The molecule has 0 saturated heterocycles. The molecule has 6 heteroatoms. The first kappa shape index (κ1) is 16.5. The number of methoxy groups -OCH3 is 1. The molecular formula is C16H17FO4S. The van der Waals surface area contributed by atoms with Crippen LogP contribution in [-0.4, -0.2) is 22.1 Å². The third kappa shape index (κ3) is 4.82. The average Bonchev–Trinajstić information content (AvgIpc) is 2.48. The van der Waals surface area contributed by atoms with Crippen molar-refractivity contribution in [1.29, 1.82) is 0 Å². The summed E-state index contributed by atoms with van der Waals surface area (Å²) in [7, 11) is -2.29. The molecule has 0 aliphatic rings. The van der Waals surface area contributed by atoms with E-state index in [4.69, 9.17) is 8.92 Å². The predicted octanol–water partition coefficient (Wildman–Crippen LogP) is 2.92. The minimum absolute atomic E-state index is 0.0826. The van der Waals surface area contributed by atoms with Crippen LogP contribution in [0.5, 0.6) is 5.75 Å². The molecule has 0 spiro atoms. The van der Waals surface area contributed by atoms with Crippen LogP contribution in [0.4, 0.5) is 4.39 Å². The molecule has 0 aliphatic carbocycles. The lowest BCUT2D eigenvalue weighted by molar-refractivity contribution is 0.202.